The normalized spacial score (nSPS) is 10.6. The second-order valence-electron chi connectivity index (χ2n) is 3.92. The zero-order chi connectivity index (χ0) is 12.2. The number of aryl methyl sites for hydroxylation is 1. The van der Waals surface area contributed by atoms with Gasteiger partial charge in [-0.25, -0.2) is 0 Å². The quantitative estimate of drug-likeness (QED) is 0.592. The molecule has 0 amide bonds. The first-order valence-electron chi connectivity index (χ1n) is 6.24. The highest BCUT2D eigenvalue weighted by Crippen LogP contribution is 1.96. The lowest BCUT2D eigenvalue weighted by molar-refractivity contribution is 0.199. The molecule has 17 heavy (non-hydrogen) atoms. The molecule has 2 N–H and O–H groups in total. The topological polar surface area (TPSA) is 46.2 Å². The summed E-state index contributed by atoms with van der Waals surface area (Å²) in [6.07, 6.45) is 4.03. The molecule has 0 unspecified atom stereocenters. The van der Waals surface area contributed by atoms with Gasteiger partial charge in [-0.3, -0.25) is 4.98 Å². The van der Waals surface area contributed by atoms with Gasteiger partial charge in [0.2, 0.25) is 0 Å². The number of pyridine rings is 1. The second kappa shape index (κ2) is 10.2. The summed E-state index contributed by atoms with van der Waals surface area (Å²) in [7, 11) is 1.72. The summed E-state index contributed by atoms with van der Waals surface area (Å²) in [5, 5.41) is 6.70. The first kappa shape index (κ1) is 14.1. The summed E-state index contributed by atoms with van der Waals surface area (Å²) in [6, 6.07) is 6.06. The third kappa shape index (κ3) is 7.85. The first-order chi connectivity index (χ1) is 8.43. The van der Waals surface area contributed by atoms with Gasteiger partial charge in [-0.15, -0.1) is 0 Å². The van der Waals surface area contributed by atoms with Crippen molar-refractivity contribution in [3.63, 3.8) is 0 Å². The fraction of sp³-hybridized carbons (Fsp3) is 0.615. The molecule has 0 bridgehead atoms. The van der Waals surface area contributed by atoms with Crippen molar-refractivity contribution < 1.29 is 4.74 Å². The van der Waals surface area contributed by atoms with E-state index in [9.17, 15) is 0 Å². The van der Waals surface area contributed by atoms with Gasteiger partial charge in [0.15, 0.2) is 0 Å². The van der Waals surface area contributed by atoms with E-state index < -0.39 is 0 Å². The Bertz CT molecular complexity index is 267. The molecule has 4 heteroatoms. The van der Waals surface area contributed by atoms with E-state index in [1.165, 1.54) is 5.69 Å². The van der Waals surface area contributed by atoms with Gasteiger partial charge >= 0.3 is 0 Å². The summed E-state index contributed by atoms with van der Waals surface area (Å²) >= 11 is 0. The molecule has 0 aromatic carbocycles. The van der Waals surface area contributed by atoms with Crippen LogP contribution in [0.15, 0.2) is 24.4 Å². The molecule has 0 aliphatic carbocycles. The van der Waals surface area contributed by atoms with Crippen molar-refractivity contribution >= 4 is 0 Å². The number of hydrogen-bond donors (Lipinski definition) is 2. The van der Waals surface area contributed by atoms with Gasteiger partial charge in [0.05, 0.1) is 6.61 Å². The lowest BCUT2D eigenvalue weighted by Gasteiger charge is -2.06. The van der Waals surface area contributed by atoms with E-state index >= 15 is 0 Å². The van der Waals surface area contributed by atoms with E-state index in [1.807, 2.05) is 18.3 Å². The van der Waals surface area contributed by atoms with Crippen molar-refractivity contribution in [2.75, 3.05) is 39.9 Å². The lowest BCUT2D eigenvalue weighted by Crippen LogP contribution is -2.30. The maximum Gasteiger partial charge on any atom is 0.0587 e. The Balaban J connectivity index is 1.85. The smallest absolute Gasteiger partial charge is 0.0587 e. The molecule has 96 valence electrons. The van der Waals surface area contributed by atoms with Gasteiger partial charge in [0.1, 0.15) is 0 Å². The van der Waals surface area contributed by atoms with E-state index in [4.69, 9.17) is 4.74 Å². The summed E-state index contributed by atoms with van der Waals surface area (Å²) < 4.78 is 4.95. The van der Waals surface area contributed by atoms with Crippen LogP contribution < -0.4 is 10.6 Å². The predicted molar refractivity (Wildman–Crippen MR) is 70.2 cm³/mol. The molecule has 4 nitrogen and oxygen atoms in total. The third-order valence-electron chi connectivity index (χ3n) is 2.47. The van der Waals surface area contributed by atoms with Gasteiger partial charge in [-0.1, -0.05) is 6.07 Å². The fourth-order valence-electron chi connectivity index (χ4n) is 1.54. The number of rotatable bonds is 10. The van der Waals surface area contributed by atoms with Crippen molar-refractivity contribution in [1.29, 1.82) is 0 Å². The molecule has 0 aliphatic heterocycles. The van der Waals surface area contributed by atoms with E-state index in [0.29, 0.717) is 0 Å². The number of hydrogen-bond acceptors (Lipinski definition) is 4. The monoisotopic (exact) mass is 237 g/mol. The zero-order valence-electron chi connectivity index (χ0n) is 10.6. The standard InChI is InChI=1S/C13H23N3O/c1-17-12-11-15-10-9-14-7-4-6-13-5-2-3-8-16-13/h2-3,5,8,14-15H,4,6-7,9-12H2,1H3. The average Bonchev–Trinajstić information content (AvgIpc) is 2.38. The molecular formula is C13H23N3O. The number of ether oxygens (including phenoxy) is 1. The maximum absolute atomic E-state index is 4.95. The molecule has 0 radical (unpaired) electrons. The van der Waals surface area contributed by atoms with E-state index in [1.54, 1.807) is 7.11 Å². The molecule has 1 heterocycles. The highest BCUT2D eigenvalue weighted by molar-refractivity contribution is 5.03. The minimum absolute atomic E-state index is 0.777. The third-order valence-corrected chi connectivity index (χ3v) is 2.47. The van der Waals surface area contributed by atoms with Gasteiger partial charge in [0, 0.05) is 38.6 Å². The van der Waals surface area contributed by atoms with Crippen LogP contribution in [0.1, 0.15) is 12.1 Å². The molecule has 1 aromatic rings. The number of nitrogens with one attached hydrogen (secondary N) is 2. The summed E-state index contributed by atoms with van der Waals surface area (Å²) in [4.78, 5) is 4.29. The zero-order valence-corrected chi connectivity index (χ0v) is 10.6. The highest BCUT2D eigenvalue weighted by Gasteiger charge is 1.93. The Hall–Kier alpha value is -0.970. The Morgan fingerprint density at radius 3 is 2.65 bits per heavy atom. The minimum atomic E-state index is 0.777. The summed E-state index contributed by atoms with van der Waals surface area (Å²) in [5.74, 6) is 0. The molecule has 0 saturated carbocycles. The molecule has 0 fully saturated rings. The Morgan fingerprint density at radius 1 is 1.12 bits per heavy atom. The van der Waals surface area contributed by atoms with Crippen LogP contribution in [0.4, 0.5) is 0 Å². The van der Waals surface area contributed by atoms with Gasteiger partial charge in [-0.05, 0) is 31.5 Å². The SMILES string of the molecule is COCCNCCNCCCc1ccccn1. The van der Waals surface area contributed by atoms with Gasteiger partial charge in [-0.2, -0.15) is 0 Å². The van der Waals surface area contributed by atoms with Crippen LogP contribution in [0.3, 0.4) is 0 Å². The van der Waals surface area contributed by atoms with Gasteiger partial charge < -0.3 is 15.4 Å². The van der Waals surface area contributed by atoms with Crippen LogP contribution in [-0.4, -0.2) is 44.9 Å². The minimum Gasteiger partial charge on any atom is -0.383 e. The van der Waals surface area contributed by atoms with Crippen LogP contribution >= 0.6 is 0 Å². The van der Waals surface area contributed by atoms with Crippen LogP contribution in [0.2, 0.25) is 0 Å². The van der Waals surface area contributed by atoms with E-state index in [-0.39, 0.29) is 0 Å². The van der Waals surface area contributed by atoms with Gasteiger partial charge in [0.25, 0.3) is 0 Å². The Labute approximate surface area is 104 Å². The first-order valence-corrected chi connectivity index (χ1v) is 6.24. The molecule has 1 aromatic heterocycles. The molecule has 0 saturated heterocycles. The van der Waals surface area contributed by atoms with Crippen LogP contribution in [0.5, 0.6) is 0 Å². The highest BCUT2D eigenvalue weighted by atomic mass is 16.5. The average molecular weight is 237 g/mol. The van der Waals surface area contributed by atoms with Crippen molar-refractivity contribution in [3.8, 4) is 0 Å². The maximum atomic E-state index is 4.95. The predicted octanol–water partition coefficient (Wildman–Crippen LogP) is 0.840. The number of nitrogens with zero attached hydrogens (tertiary/aromatic N) is 1. The summed E-state index contributed by atoms with van der Waals surface area (Å²) in [5.41, 5.74) is 1.17. The van der Waals surface area contributed by atoms with E-state index in [2.05, 4.69) is 21.7 Å². The fourth-order valence-corrected chi connectivity index (χ4v) is 1.54. The largest absolute Gasteiger partial charge is 0.383 e. The van der Waals surface area contributed by atoms with Crippen molar-refractivity contribution in [2.24, 2.45) is 0 Å². The molecular weight excluding hydrogens is 214 g/mol. The molecule has 1 rings (SSSR count). The Kier molecular flexibility index (Phi) is 8.46. The number of aromatic nitrogens is 1. The molecule has 0 atom stereocenters. The van der Waals surface area contributed by atoms with Crippen LogP contribution in [0, 0.1) is 0 Å². The van der Waals surface area contributed by atoms with Crippen molar-refractivity contribution in [1.82, 2.24) is 15.6 Å². The Morgan fingerprint density at radius 2 is 1.94 bits per heavy atom. The molecule has 0 spiro atoms. The molecule has 0 aliphatic rings. The van der Waals surface area contributed by atoms with E-state index in [0.717, 1.165) is 45.6 Å². The van der Waals surface area contributed by atoms with Crippen molar-refractivity contribution in [3.05, 3.63) is 30.1 Å². The van der Waals surface area contributed by atoms with Crippen LogP contribution in [0.25, 0.3) is 0 Å². The van der Waals surface area contributed by atoms with Crippen molar-refractivity contribution in [2.45, 2.75) is 12.8 Å². The number of methoxy groups -OCH3 is 1. The second-order valence-corrected chi connectivity index (χ2v) is 3.92. The lowest BCUT2D eigenvalue weighted by atomic mass is 10.2. The van der Waals surface area contributed by atoms with Crippen LogP contribution in [-0.2, 0) is 11.2 Å². The summed E-state index contributed by atoms with van der Waals surface area (Å²) in [6.45, 7) is 4.74.